The number of nitrogens with one attached hydrogen (secondary N) is 1. The number of hydrogen-bond donors (Lipinski definition) is 2. The highest BCUT2D eigenvalue weighted by Crippen LogP contribution is 2.19. The third-order valence-corrected chi connectivity index (χ3v) is 2.27. The molecule has 102 valence electrons. The zero-order valence-electron chi connectivity index (χ0n) is 9.82. The number of carbonyl (C=O) groups excluding carboxylic acids is 1. The van der Waals surface area contributed by atoms with Crippen molar-refractivity contribution in [3.8, 4) is 6.07 Å². The normalized spacial score (nSPS) is 12.6. The number of aromatic nitrogens is 1. The van der Waals surface area contributed by atoms with Gasteiger partial charge in [-0.1, -0.05) is 0 Å². The Bertz CT molecular complexity index is 523. The minimum atomic E-state index is -4.79. The molecule has 0 aromatic carbocycles. The molecule has 0 aliphatic carbocycles. The van der Waals surface area contributed by atoms with Gasteiger partial charge < -0.3 is 10.4 Å². The standard InChI is InChI=1S/C11H10F3N3O2/c1-6-7(4-15)2-3-8(17-6)10(19)16-5-9(18)11(12,13)14/h2-3,9,18H,5H2,1H3,(H,16,19). The topological polar surface area (TPSA) is 86.0 Å². The monoisotopic (exact) mass is 273 g/mol. The number of aryl methyl sites for hydroxylation is 1. The highest BCUT2D eigenvalue weighted by Gasteiger charge is 2.38. The van der Waals surface area contributed by atoms with E-state index in [-0.39, 0.29) is 11.3 Å². The summed E-state index contributed by atoms with van der Waals surface area (Å²) in [5, 5.41) is 19.3. The molecule has 0 saturated heterocycles. The van der Waals surface area contributed by atoms with Crippen LogP contribution in [0.3, 0.4) is 0 Å². The molecule has 0 fully saturated rings. The van der Waals surface area contributed by atoms with Gasteiger partial charge in [-0.05, 0) is 19.1 Å². The number of hydrogen-bond acceptors (Lipinski definition) is 4. The van der Waals surface area contributed by atoms with E-state index >= 15 is 0 Å². The van der Waals surface area contributed by atoms with E-state index in [0.717, 1.165) is 0 Å². The maximum Gasteiger partial charge on any atom is 0.416 e. The van der Waals surface area contributed by atoms with Crippen molar-refractivity contribution in [3.05, 3.63) is 29.1 Å². The van der Waals surface area contributed by atoms with E-state index < -0.39 is 24.7 Å². The van der Waals surface area contributed by atoms with Gasteiger partial charge in [0.05, 0.1) is 17.8 Å². The van der Waals surface area contributed by atoms with Crippen LogP contribution in [-0.4, -0.2) is 34.8 Å². The van der Waals surface area contributed by atoms with Crippen molar-refractivity contribution in [2.45, 2.75) is 19.2 Å². The Morgan fingerprint density at radius 3 is 2.68 bits per heavy atom. The first kappa shape index (κ1) is 14.9. The predicted octanol–water partition coefficient (Wildman–Crippen LogP) is 0.915. The summed E-state index contributed by atoms with van der Waals surface area (Å²) in [5.41, 5.74) is 0.448. The molecule has 5 nitrogen and oxygen atoms in total. The van der Waals surface area contributed by atoms with Gasteiger partial charge in [0.15, 0.2) is 6.10 Å². The van der Waals surface area contributed by atoms with Crippen molar-refractivity contribution in [3.63, 3.8) is 0 Å². The second-order valence-corrected chi connectivity index (χ2v) is 3.71. The number of carbonyl (C=O) groups is 1. The van der Waals surface area contributed by atoms with Crippen LogP contribution in [0.2, 0.25) is 0 Å². The summed E-state index contributed by atoms with van der Waals surface area (Å²) in [7, 11) is 0. The number of amides is 1. The fourth-order valence-corrected chi connectivity index (χ4v) is 1.20. The second-order valence-electron chi connectivity index (χ2n) is 3.71. The highest BCUT2D eigenvalue weighted by molar-refractivity contribution is 5.92. The van der Waals surface area contributed by atoms with Gasteiger partial charge in [0.2, 0.25) is 0 Å². The zero-order valence-corrected chi connectivity index (χ0v) is 9.82. The quantitative estimate of drug-likeness (QED) is 0.857. The molecule has 1 heterocycles. The summed E-state index contributed by atoms with van der Waals surface area (Å²) in [4.78, 5) is 15.3. The van der Waals surface area contributed by atoms with Crippen LogP contribution in [0.5, 0.6) is 0 Å². The van der Waals surface area contributed by atoms with Gasteiger partial charge in [-0.25, -0.2) is 4.98 Å². The molecule has 1 amide bonds. The lowest BCUT2D eigenvalue weighted by Crippen LogP contribution is -2.40. The van der Waals surface area contributed by atoms with E-state index in [1.165, 1.54) is 19.1 Å². The number of aliphatic hydroxyl groups is 1. The van der Waals surface area contributed by atoms with Crippen LogP contribution in [0.15, 0.2) is 12.1 Å². The van der Waals surface area contributed by atoms with Crippen molar-refractivity contribution in [1.29, 1.82) is 5.26 Å². The fraction of sp³-hybridized carbons (Fsp3) is 0.364. The van der Waals surface area contributed by atoms with Gasteiger partial charge in [0.25, 0.3) is 5.91 Å². The molecule has 19 heavy (non-hydrogen) atoms. The van der Waals surface area contributed by atoms with Gasteiger partial charge in [-0.15, -0.1) is 0 Å². The summed E-state index contributed by atoms with van der Waals surface area (Å²) in [6, 6.07) is 4.42. The highest BCUT2D eigenvalue weighted by atomic mass is 19.4. The summed E-state index contributed by atoms with van der Waals surface area (Å²) in [6.45, 7) is 0.545. The number of pyridine rings is 1. The number of halogens is 3. The Morgan fingerprint density at radius 1 is 1.58 bits per heavy atom. The molecular formula is C11H10F3N3O2. The first-order valence-corrected chi connectivity index (χ1v) is 5.16. The van der Waals surface area contributed by atoms with Crippen molar-refractivity contribution in [2.75, 3.05) is 6.54 Å². The summed E-state index contributed by atoms with van der Waals surface area (Å²) in [6.07, 6.45) is -7.42. The molecule has 1 aromatic heterocycles. The Labute approximate surface area is 106 Å². The summed E-state index contributed by atoms with van der Waals surface area (Å²) in [5.74, 6) is -0.851. The van der Waals surface area contributed by atoms with Crippen molar-refractivity contribution in [1.82, 2.24) is 10.3 Å². The van der Waals surface area contributed by atoms with Crippen LogP contribution >= 0.6 is 0 Å². The fourth-order valence-electron chi connectivity index (χ4n) is 1.20. The van der Waals surface area contributed by atoms with Crippen LogP contribution < -0.4 is 5.32 Å². The van der Waals surface area contributed by atoms with E-state index in [4.69, 9.17) is 10.4 Å². The molecule has 1 unspecified atom stereocenters. The average molecular weight is 273 g/mol. The smallest absolute Gasteiger partial charge is 0.382 e. The first-order valence-electron chi connectivity index (χ1n) is 5.16. The lowest BCUT2D eigenvalue weighted by molar-refractivity contribution is -0.201. The molecule has 0 aliphatic heterocycles. The van der Waals surface area contributed by atoms with E-state index in [1.807, 2.05) is 11.4 Å². The van der Waals surface area contributed by atoms with E-state index in [9.17, 15) is 18.0 Å². The number of nitrogens with zero attached hydrogens (tertiary/aromatic N) is 2. The molecule has 1 rings (SSSR count). The third kappa shape index (κ3) is 3.93. The maximum absolute atomic E-state index is 12.0. The number of rotatable bonds is 3. The third-order valence-electron chi connectivity index (χ3n) is 2.27. The Balaban J connectivity index is 2.70. The Hall–Kier alpha value is -2.14. The maximum atomic E-state index is 12.0. The summed E-state index contributed by atoms with van der Waals surface area (Å²) >= 11 is 0. The molecule has 0 radical (unpaired) electrons. The lowest BCUT2D eigenvalue weighted by atomic mass is 10.2. The predicted molar refractivity (Wildman–Crippen MR) is 58.1 cm³/mol. The molecular weight excluding hydrogens is 263 g/mol. The SMILES string of the molecule is Cc1nc(C(=O)NCC(O)C(F)(F)F)ccc1C#N. The minimum Gasteiger partial charge on any atom is -0.382 e. The van der Waals surface area contributed by atoms with Crippen molar-refractivity contribution in [2.24, 2.45) is 0 Å². The molecule has 8 heteroatoms. The molecule has 0 bridgehead atoms. The van der Waals surface area contributed by atoms with Crippen molar-refractivity contribution >= 4 is 5.91 Å². The first-order chi connectivity index (χ1) is 8.75. The van der Waals surface area contributed by atoms with Crippen LogP contribution in [0.1, 0.15) is 21.7 Å². The van der Waals surface area contributed by atoms with Gasteiger partial charge in [-0.3, -0.25) is 4.79 Å². The Kier molecular flexibility index (Phi) is 4.45. The molecule has 2 N–H and O–H groups in total. The average Bonchev–Trinajstić information content (AvgIpc) is 2.34. The molecule has 0 spiro atoms. The number of aliphatic hydroxyl groups excluding tert-OH is 1. The van der Waals surface area contributed by atoms with E-state index in [2.05, 4.69) is 4.98 Å². The molecule has 0 saturated carbocycles. The molecule has 1 aromatic rings. The zero-order chi connectivity index (χ0) is 14.6. The van der Waals surface area contributed by atoms with Gasteiger partial charge in [0, 0.05) is 0 Å². The minimum absolute atomic E-state index is 0.120. The largest absolute Gasteiger partial charge is 0.416 e. The summed E-state index contributed by atoms with van der Waals surface area (Å²) < 4.78 is 36.0. The molecule has 0 aliphatic rings. The van der Waals surface area contributed by atoms with Crippen LogP contribution in [0.4, 0.5) is 13.2 Å². The van der Waals surface area contributed by atoms with Crippen molar-refractivity contribution < 1.29 is 23.1 Å². The number of alkyl halides is 3. The lowest BCUT2D eigenvalue weighted by Gasteiger charge is -2.14. The van der Waals surface area contributed by atoms with Gasteiger partial charge >= 0.3 is 6.18 Å². The van der Waals surface area contributed by atoms with Gasteiger partial charge in [-0.2, -0.15) is 18.4 Å². The van der Waals surface area contributed by atoms with Crippen LogP contribution in [0, 0.1) is 18.3 Å². The van der Waals surface area contributed by atoms with Crippen LogP contribution in [-0.2, 0) is 0 Å². The van der Waals surface area contributed by atoms with E-state index in [1.54, 1.807) is 0 Å². The van der Waals surface area contributed by atoms with Crippen LogP contribution in [0.25, 0.3) is 0 Å². The number of nitriles is 1. The Morgan fingerprint density at radius 2 is 2.21 bits per heavy atom. The molecule has 1 atom stereocenters. The second kappa shape index (κ2) is 5.67. The van der Waals surface area contributed by atoms with E-state index in [0.29, 0.717) is 5.69 Å². The van der Waals surface area contributed by atoms with Gasteiger partial charge in [0.1, 0.15) is 11.8 Å².